The molecule has 0 aliphatic carbocycles. The van der Waals surface area contributed by atoms with Gasteiger partial charge in [-0.05, 0) is 43.2 Å². The van der Waals surface area contributed by atoms with Crippen molar-refractivity contribution in [2.45, 2.75) is 20.3 Å². The first-order valence-electron chi connectivity index (χ1n) is 7.32. The minimum atomic E-state index is -0.245. The Morgan fingerprint density at radius 1 is 1.14 bits per heavy atom. The SMILES string of the molecule is CCCOc1ccc(C(=O)N/N=C\c2ccc(C)cc2)cc1. The number of aryl methyl sites for hydroxylation is 1. The van der Waals surface area contributed by atoms with Crippen LogP contribution in [0.25, 0.3) is 0 Å². The van der Waals surface area contributed by atoms with Gasteiger partial charge in [0.1, 0.15) is 5.75 Å². The number of carbonyl (C=O) groups is 1. The van der Waals surface area contributed by atoms with Crippen LogP contribution in [-0.2, 0) is 0 Å². The van der Waals surface area contributed by atoms with Crippen LogP contribution >= 0.6 is 0 Å². The number of hydrazone groups is 1. The molecule has 0 heterocycles. The molecule has 1 N–H and O–H groups in total. The van der Waals surface area contributed by atoms with E-state index in [4.69, 9.17) is 4.74 Å². The van der Waals surface area contributed by atoms with Crippen molar-refractivity contribution >= 4 is 12.1 Å². The average molecular weight is 296 g/mol. The number of ether oxygens (including phenoxy) is 1. The molecule has 4 nitrogen and oxygen atoms in total. The first-order chi connectivity index (χ1) is 10.7. The number of benzene rings is 2. The van der Waals surface area contributed by atoms with Crippen LogP contribution in [0.15, 0.2) is 53.6 Å². The smallest absolute Gasteiger partial charge is 0.271 e. The third-order valence-electron chi connectivity index (χ3n) is 3.05. The number of hydrogen-bond donors (Lipinski definition) is 1. The lowest BCUT2D eigenvalue weighted by Crippen LogP contribution is -2.17. The maximum absolute atomic E-state index is 11.9. The van der Waals surface area contributed by atoms with Crippen molar-refractivity contribution in [3.8, 4) is 5.75 Å². The fourth-order valence-corrected chi connectivity index (χ4v) is 1.80. The molecular weight excluding hydrogens is 276 g/mol. The number of carbonyl (C=O) groups excluding carboxylic acids is 1. The van der Waals surface area contributed by atoms with Crippen molar-refractivity contribution in [2.24, 2.45) is 5.10 Å². The quantitative estimate of drug-likeness (QED) is 0.654. The molecule has 1 amide bonds. The summed E-state index contributed by atoms with van der Waals surface area (Å²) in [6, 6.07) is 14.9. The van der Waals surface area contributed by atoms with E-state index in [0.717, 1.165) is 17.7 Å². The first kappa shape index (κ1) is 15.8. The summed E-state index contributed by atoms with van der Waals surface area (Å²) in [6.45, 7) is 4.75. The monoisotopic (exact) mass is 296 g/mol. The predicted octanol–water partition coefficient (Wildman–Crippen LogP) is 3.55. The highest BCUT2D eigenvalue weighted by molar-refractivity contribution is 5.94. The van der Waals surface area contributed by atoms with Gasteiger partial charge in [-0.2, -0.15) is 5.10 Å². The van der Waals surface area contributed by atoms with Crippen LogP contribution in [0.1, 0.15) is 34.8 Å². The van der Waals surface area contributed by atoms with E-state index >= 15 is 0 Å². The summed E-state index contributed by atoms with van der Waals surface area (Å²) in [5.41, 5.74) is 5.19. The molecule has 0 atom stereocenters. The molecule has 0 bridgehead atoms. The van der Waals surface area contributed by atoms with E-state index in [2.05, 4.69) is 10.5 Å². The first-order valence-corrected chi connectivity index (χ1v) is 7.32. The van der Waals surface area contributed by atoms with Gasteiger partial charge in [-0.3, -0.25) is 4.79 Å². The van der Waals surface area contributed by atoms with Gasteiger partial charge >= 0.3 is 0 Å². The van der Waals surface area contributed by atoms with E-state index < -0.39 is 0 Å². The Kier molecular flexibility index (Phi) is 5.72. The normalized spacial score (nSPS) is 10.6. The van der Waals surface area contributed by atoms with Gasteiger partial charge in [-0.25, -0.2) is 5.43 Å². The Labute approximate surface area is 130 Å². The van der Waals surface area contributed by atoms with Gasteiger partial charge < -0.3 is 4.74 Å². The van der Waals surface area contributed by atoms with E-state index in [1.165, 1.54) is 5.56 Å². The molecule has 114 valence electrons. The summed E-state index contributed by atoms with van der Waals surface area (Å²) in [7, 11) is 0. The Morgan fingerprint density at radius 3 is 2.45 bits per heavy atom. The summed E-state index contributed by atoms with van der Waals surface area (Å²) < 4.78 is 5.48. The summed E-state index contributed by atoms with van der Waals surface area (Å²) in [4.78, 5) is 11.9. The standard InChI is InChI=1S/C18H20N2O2/c1-3-12-22-17-10-8-16(9-11-17)18(21)20-19-13-15-6-4-14(2)5-7-15/h4-11,13H,3,12H2,1-2H3,(H,20,21)/b19-13-. The second-order valence-electron chi connectivity index (χ2n) is 4.98. The van der Waals surface area contributed by atoms with Crippen LogP contribution in [0.4, 0.5) is 0 Å². The molecule has 2 aromatic rings. The third kappa shape index (κ3) is 4.74. The van der Waals surface area contributed by atoms with Crippen LogP contribution < -0.4 is 10.2 Å². The highest BCUT2D eigenvalue weighted by atomic mass is 16.5. The van der Waals surface area contributed by atoms with Crippen molar-refractivity contribution in [3.05, 3.63) is 65.2 Å². The molecule has 2 rings (SSSR count). The summed E-state index contributed by atoms with van der Waals surface area (Å²) >= 11 is 0. The molecule has 0 aliphatic rings. The molecule has 22 heavy (non-hydrogen) atoms. The second kappa shape index (κ2) is 7.98. The highest BCUT2D eigenvalue weighted by Gasteiger charge is 2.04. The van der Waals surface area contributed by atoms with Gasteiger partial charge in [0.2, 0.25) is 0 Å². The molecule has 0 unspecified atom stereocenters. The Morgan fingerprint density at radius 2 is 1.82 bits per heavy atom. The molecule has 0 saturated heterocycles. The minimum Gasteiger partial charge on any atom is -0.494 e. The maximum atomic E-state index is 11.9. The second-order valence-corrected chi connectivity index (χ2v) is 4.98. The number of amides is 1. The van der Waals surface area contributed by atoms with Gasteiger partial charge in [0, 0.05) is 5.56 Å². The van der Waals surface area contributed by atoms with Crippen molar-refractivity contribution in [1.82, 2.24) is 5.43 Å². The lowest BCUT2D eigenvalue weighted by Gasteiger charge is -2.05. The van der Waals surface area contributed by atoms with E-state index in [0.29, 0.717) is 12.2 Å². The fourth-order valence-electron chi connectivity index (χ4n) is 1.80. The molecular formula is C18H20N2O2. The van der Waals surface area contributed by atoms with Crippen molar-refractivity contribution in [2.75, 3.05) is 6.61 Å². The van der Waals surface area contributed by atoms with Crippen LogP contribution in [0, 0.1) is 6.92 Å². The zero-order valence-corrected chi connectivity index (χ0v) is 12.9. The van der Waals surface area contributed by atoms with Gasteiger partial charge in [0.05, 0.1) is 12.8 Å². The molecule has 2 aromatic carbocycles. The van der Waals surface area contributed by atoms with Gasteiger partial charge in [0.15, 0.2) is 0 Å². The fraction of sp³-hybridized carbons (Fsp3) is 0.222. The predicted molar refractivity (Wildman–Crippen MR) is 88.5 cm³/mol. The minimum absolute atomic E-state index is 0.245. The Balaban J connectivity index is 1.90. The number of nitrogens with one attached hydrogen (secondary N) is 1. The number of hydrogen-bond acceptors (Lipinski definition) is 3. The van der Waals surface area contributed by atoms with Crippen molar-refractivity contribution in [1.29, 1.82) is 0 Å². The highest BCUT2D eigenvalue weighted by Crippen LogP contribution is 2.12. The molecule has 0 aliphatic heterocycles. The lowest BCUT2D eigenvalue weighted by molar-refractivity contribution is 0.0955. The summed E-state index contributed by atoms with van der Waals surface area (Å²) in [5.74, 6) is 0.520. The largest absolute Gasteiger partial charge is 0.494 e. The van der Waals surface area contributed by atoms with Gasteiger partial charge in [-0.15, -0.1) is 0 Å². The molecule has 0 fully saturated rings. The van der Waals surface area contributed by atoms with Crippen molar-refractivity contribution < 1.29 is 9.53 Å². The van der Waals surface area contributed by atoms with E-state index in [9.17, 15) is 4.79 Å². The summed E-state index contributed by atoms with van der Waals surface area (Å²) in [6.07, 6.45) is 2.58. The van der Waals surface area contributed by atoms with E-state index in [1.54, 1.807) is 30.5 Å². The van der Waals surface area contributed by atoms with Crippen molar-refractivity contribution in [3.63, 3.8) is 0 Å². The molecule has 0 saturated carbocycles. The molecule has 0 spiro atoms. The topological polar surface area (TPSA) is 50.7 Å². The molecule has 4 heteroatoms. The average Bonchev–Trinajstić information content (AvgIpc) is 2.55. The maximum Gasteiger partial charge on any atom is 0.271 e. The van der Waals surface area contributed by atoms with Gasteiger partial charge in [-0.1, -0.05) is 36.8 Å². The number of nitrogens with zero attached hydrogens (tertiary/aromatic N) is 1. The molecule has 0 aromatic heterocycles. The molecule has 0 radical (unpaired) electrons. The van der Waals surface area contributed by atoms with Crippen LogP contribution in [0.2, 0.25) is 0 Å². The Bertz CT molecular complexity index is 631. The van der Waals surface area contributed by atoms with E-state index in [1.807, 2.05) is 38.1 Å². The van der Waals surface area contributed by atoms with Crippen LogP contribution in [-0.4, -0.2) is 18.7 Å². The summed E-state index contributed by atoms with van der Waals surface area (Å²) in [5, 5.41) is 3.96. The zero-order chi connectivity index (χ0) is 15.8. The van der Waals surface area contributed by atoms with E-state index in [-0.39, 0.29) is 5.91 Å². The van der Waals surface area contributed by atoms with Gasteiger partial charge in [0.25, 0.3) is 5.91 Å². The third-order valence-corrected chi connectivity index (χ3v) is 3.05. The van der Waals surface area contributed by atoms with Crippen LogP contribution in [0.3, 0.4) is 0 Å². The Hall–Kier alpha value is -2.62. The zero-order valence-electron chi connectivity index (χ0n) is 12.9. The lowest BCUT2D eigenvalue weighted by atomic mass is 10.2. The number of rotatable bonds is 6. The van der Waals surface area contributed by atoms with Crippen LogP contribution in [0.5, 0.6) is 5.75 Å².